The number of nitrogens with zero attached hydrogens (tertiary/aromatic N) is 1. The van der Waals surface area contributed by atoms with E-state index < -0.39 is 35.5 Å². The zero-order valence-electron chi connectivity index (χ0n) is 17.0. The predicted octanol–water partition coefficient (Wildman–Crippen LogP) is 5.06. The van der Waals surface area contributed by atoms with Gasteiger partial charge in [-0.25, -0.2) is 0 Å². The van der Waals surface area contributed by atoms with Crippen molar-refractivity contribution in [3.05, 3.63) is 65.2 Å². The molecule has 0 fully saturated rings. The standard InChI is InChI=1S/C22H21F6NO3/c1-32-18(14-7-3-2-4-8-14)19(30)29-12-6-5-9-15-13-16(10-11-17(15)29)20(31,21(23,24)25)22(26,27)28/h2-4,7-8,10-11,13,18,31H,5-6,9,12H2,1H3/t18-/m1/s1. The van der Waals surface area contributed by atoms with Crippen molar-refractivity contribution in [3.8, 4) is 0 Å². The molecule has 0 saturated carbocycles. The molecule has 32 heavy (non-hydrogen) atoms. The van der Waals surface area contributed by atoms with Crippen LogP contribution in [0.4, 0.5) is 32.0 Å². The van der Waals surface area contributed by atoms with Crippen molar-refractivity contribution >= 4 is 11.6 Å². The minimum absolute atomic E-state index is 0.114. The molecule has 10 heteroatoms. The smallest absolute Gasteiger partial charge is 0.369 e. The molecule has 4 nitrogen and oxygen atoms in total. The second kappa shape index (κ2) is 8.74. The Morgan fingerprint density at radius 2 is 1.62 bits per heavy atom. The van der Waals surface area contributed by atoms with Crippen LogP contribution in [-0.2, 0) is 21.6 Å². The van der Waals surface area contributed by atoms with Crippen LogP contribution in [0.15, 0.2) is 48.5 Å². The summed E-state index contributed by atoms with van der Waals surface area (Å²) in [4.78, 5) is 14.6. The molecule has 1 heterocycles. The fourth-order valence-corrected chi connectivity index (χ4v) is 3.85. The van der Waals surface area contributed by atoms with Crippen LogP contribution in [0.5, 0.6) is 0 Å². The molecule has 1 aliphatic rings. The molecule has 0 aromatic heterocycles. The largest absolute Gasteiger partial charge is 0.430 e. The van der Waals surface area contributed by atoms with Crippen LogP contribution in [0, 0.1) is 0 Å². The molecule has 1 aliphatic heterocycles. The average molecular weight is 461 g/mol. The maximum absolute atomic E-state index is 13.3. The average Bonchev–Trinajstić information content (AvgIpc) is 2.94. The number of hydrogen-bond acceptors (Lipinski definition) is 3. The summed E-state index contributed by atoms with van der Waals surface area (Å²) in [6, 6.07) is 10.8. The van der Waals surface area contributed by atoms with E-state index in [2.05, 4.69) is 0 Å². The highest BCUT2D eigenvalue weighted by Crippen LogP contribution is 2.50. The number of hydrogen-bond donors (Lipinski definition) is 1. The number of aliphatic hydroxyl groups is 1. The van der Waals surface area contributed by atoms with Gasteiger partial charge in [0, 0.05) is 24.9 Å². The molecule has 174 valence electrons. The molecule has 0 bridgehead atoms. The lowest BCUT2D eigenvalue weighted by Gasteiger charge is -2.33. The SMILES string of the molecule is CO[C@@H](C(=O)N1CCCCc2cc(C(O)(C(F)(F)F)C(F)(F)F)ccc21)c1ccccc1. The first kappa shape index (κ1) is 24.1. The maximum Gasteiger partial charge on any atom is 0.430 e. The molecular weight excluding hydrogens is 440 g/mol. The van der Waals surface area contributed by atoms with Crippen molar-refractivity contribution in [1.29, 1.82) is 0 Å². The number of rotatable bonds is 4. The highest BCUT2D eigenvalue weighted by atomic mass is 19.4. The number of ether oxygens (including phenoxy) is 1. The van der Waals surface area contributed by atoms with Gasteiger partial charge < -0.3 is 14.7 Å². The van der Waals surface area contributed by atoms with Crippen LogP contribution < -0.4 is 4.90 Å². The van der Waals surface area contributed by atoms with E-state index >= 15 is 0 Å². The summed E-state index contributed by atoms with van der Waals surface area (Å²) in [5, 5.41) is 9.73. The first-order valence-corrected chi connectivity index (χ1v) is 9.80. The Morgan fingerprint density at radius 1 is 1.00 bits per heavy atom. The third-order valence-corrected chi connectivity index (χ3v) is 5.51. The zero-order valence-corrected chi connectivity index (χ0v) is 17.0. The Labute approximate surface area is 180 Å². The fourth-order valence-electron chi connectivity index (χ4n) is 3.85. The highest BCUT2D eigenvalue weighted by molar-refractivity contribution is 5.98. The van der Waals surface area contributed by atoms with Gasteiger partial charge >= 0.3 is 12.4 Å². The Hall–Kier alpha value is -2.59. The summed E-state index contributed by atoms with van der Waals surface area (Å²) in [5.74, 6) is -0.489. The van der Waals surface area contributed by atoms with Gasteiger partial charge in [-0.15, -0.1) is 0 Å². The van der Waals surface area contributed by atoms with E-state index in [1.54, 1.807) is 30.3 Å². The lowest BCUT2D eigenvalue weighted by Crippen LogP contribution is -2.54. The molecule has 1 atom stereocenters. The quantitative estimate of drug-likeness (QED) is 0.648. The van der Waals surface area contributed by atoms with Gasteiger partial charge in [-0.2, -0.15) is 26.3 Å². The molecule has 0 aliphatic carbocycles. The molecule has 2 aromatic rings. The predicted molar refractivity (Wildman–Crippen MR) is 104 cm³/mol. The second-order valence-electron chi connectivity index (χ2n) is 7.52. The van der Waals surface area contributed by atoms with Crippen LogP contribution in [-0.4, -0.2) is 37.0 Å². The van der Waals surface area contributed by atoms with Gasteiger partial charge in [-0.1, -0.05) is 42.5 Å². The third-order valence-electron chi connectivity index (χ3n) is 5.51. The van der Waals surface area contributed by atoms with Crippen LogP contribution in [0.25, 0.3) is 0 Å². The summed E-state index contributed by atoms with van der Waals surface area (Å²) in [6.45, 7) is 0.223. The van der Waals surface area contributed by atoms with Gasteiger partial charge in [0.15, 0.2) is 6.10 Å². The lowest BCUT2D eigenvalue weighted by molar-refractivity contribution is -0.376. The third kappa shape index (κ3) is 4.21. The number of methoxy groups -OCH3 is 1. The summed E-state index contributed by atoms with van der Waals surface area (Å²) >= 11 is 0. The van der Waals surface area contributed by atoms with E-state index in [1.165, 1.54) is 12.0 Å². The van der Waals surface area contributed by atoms with Crippen molar-refractivity contribution in [3.63, 3.8) is 0 Å². The van der Waals surface area contributed by atoms with E-state index in [4.69, 9.17) is 4.74 Å². The normalized spacial score (nSPS) is 16.3. The lowest BCUT2D eigenvalue weighted by atomic mass is 9.89. The molecule has 0 spiro atoms. The molecule has 1 amide bonds. The molecule has 0 unspecified atom stereocenters. The van der Waals surface area contributed by atoms with Gasteiger partial charge in [-0.05, 0) is 36.5 Å². The zero-order chi connectivity index (χ0) is 23.7. The summed E-state index contributed by atoms with van der Waals surface area (Å²) in [5.41, 5.74) is -5.48. The van der Waals surface area contributed by atoms with Crippen molar-refractivity contribution < 1.29 is 41.0 Å². The van der Waals surface area contributed by atoms with Crippen molar-refractivity contribution in [2.45, 2.75) is 43.3 Å². The molecule has 1 N–H and O–H groups in total. The fraction of sp³-hybridized carbons (Fsp3) is 0.409. The number of anilines is 1. The summed E-state index contributed by atoms with van der Waals surface area (Å²) in [7, 11) is 1.34. The summed E-state index contributed by atoms with van der Waals surface area (Å²) in [6.07, 6.45) is -11.9. The van der Waals surface area contributed by atoms with E-state index in [-0.39, 0.29) is 24.2 Å². The number of halogens is 6. The topological polar surface area (TPSA) is 49.8 Å². The number of benzene rings is 2. The minimum atomic E-state index is -5.98. The van der Waals surface area contributed by atoms with Gasteiger partial charge in [0.2, 0.25) is 0 Å². The molecule has 3 rings (SSSR count). The van der Waals surface area contributed by atoms with Crippen molar-refractivity contribution in [1.82, 2.24) is 0 Å². The number of alkyl halides is 6. The number of fused-ring (bicyclic) bond motifs is 1. The van der Waals surface area contributed by atoms with Crippen LogP contribution in [0.2, 0.25) is 0 Å². The van der Waals surface area contributed by atoms with Crippen LogP contribution >= 0.6 is 0 Å². The first-order chi connectivity index (χ1) is 14.9. The van der Waals surface area contributed by atoms with Crippen molar-refractivity contribution in [2.24, 2.45) is 0 Å². The Bertz CT molecular complexity index is 944. The van der Waals surface area contributed by atoms with Gasteiger partial charge in [-0.3, -0.25) is 4.79 Å². The Balaban J connectivity index is 2.06. The Morgan fingerprint density at radius 3 is 2.19 bits per heavy atom. The second-order valence-corrected chi connectivity index (χ2v) is 7.52. The first-order valence-electron chi connectivity index (χ1n) is 9.80. The molecule has 0 radical (unpaired) electrons. The molecule has 0 saturated heterocycles. The van der Waals surface area contributed by atoms with Crippen LogP contribution in [0.1, 0.15) is 35.6 Å². The number of aryl methyl sites for hydroxylation is 1. The maximum atomic E-state index is 13.3. The Kier molecular flexibility index (Phi) is 6.57. The van der Waals surface area contributed by atoms with E-state index in [0.29, 0.717) is 30.5 Å². The monoisotopic (exact) mass is 461 g/mol. The highest BCUT2D eigenvalue weighted by Gasteiger charge is 2.71. The number of amides is 1. The number of carbonyl (C=O) groups is 1. The van der Waals surface area contributed by atoms with E-state index in [1.807, 2.05) is 0 Å². The molecule has 2 aromatic carbocycles. The van der Waals surface area contributed by atoms with Crippen molar-refractivity contribution in [2.75, 3.05) is 18.6 Å². The summed E-state index contributed by atoms with van der Waals surface area (Å²) < 4.78 is 85.1. The van der Waals surface area contributed by atoms with Crippen LogP contribution in [0.3, 0.4) is 0 Å². The molecular formula is C22H21F6NO3. The number of carbonyl (C=O) groups excluding carboxylic acids is 1. The van der Waals surface area contributed by atoms with E-state index in [9.17, 15) is 36.2 Å². The van der Waals surface area contributed by atoms with E-state index in [0.717, 1.165) is 6.07 Å². The minimum Gasteiger partial charge on any atom is -0.369 e. The van der Waals surface area contributed by atoms with Gasteiger partial charge in [0.25, 0.3) is 11.5 Å². The van der Waals surface area contributed by atoms with Gasteiger partial charge in [0.05, 0.1) is 0 Å². The van der Waals surface area contributed by atoms with Gasteiger partial charge in [0.1, 0.15) is 0 Å².